The van der Waals surface area contributed by atoms with E-state index in [1.807, 2.05) is 30.8 Å². The van der Waals surface area contributed by atoms with E-state index in [1.165, 1.54) is 55.9 Å². The molecule has 1 aromatic rings. The van der Waals surface area contributed by atoms with E-state index in [9.17, 15) is 4.91 Å². The number of nitroso groups, excluding NO2 is 1. The van der Waals surface area contributed by atoms with Crippen molar-refractivity contribution in [2.45, 2.75) is 64.3 Å². The molecule has 2 aliphatic rings. The van der Waals surface area contributed by atoms with Gasteiger partial charge in [-0.2, -0.15) is 0 Å². The molecular weight excluding hydrogens is 318 g/mol. The number of amidine groups is 1. The number of unbranched alkanes of at least 4 members (excludes halogenated alkanes) is 1. The van der Waals surface area contributed by atoms with Crippen LogP contribution < -0.4 is 0 Å². The molecule has 0 bridgehead atoms. The molecule has 3 rings (SSSR count). The van der Waals surface area contributed by atoms with Crippen LogP contribution in [0.4, 0.5) is 11.4 Å². The van der Waals surface area contributed by atoms with Crippen molar-refractivity contribution in [3.63, 3.8) is 0 Å². The zero-order valence-corrected chi connectivity index (χ0v) is 15.6. The number of aryl methyl sites for hydroxylation is 1. The molecule has 0 radical (unpaired) electrons. The quantitative estimate of drug-likeness (QED) is 0.621. The van der Waals surface area contributed by atoms with Crippen molar-refractivity contribution in [3.05, 3.63) is 28.7 Å². The van der Waals surface area contributed by atoms with Gasteiger partial charge in [0.15, 0.2) is 5.17 Å². The van der Waals surface area contributed by atoms with Crippen molar-refractivity contribution in [1.82, 2.24) is 4.90 Å². The molecule has 4 nitrogen and oxygen atoms in total. The van der Waals surface area contributed by atoms with Crippen molar-refractivity contribution < 1.29 is 0 Å². The highest BCUT2D eigenvalue weighted by Crippen LogP contribution is 2.44. The molecule has 24 heavy (non-hydrogen) atoms. The SMILES string of the molecule is CCCCN1C(=Nc2ccc(N=O)cc2C)SCC12CCCCC2. The van der Waals surface area contributed by atoms with Gasteiger partial charge < -0.3 is 4.90 Å². The Morgan fingerprint density at radius 1 is 1.25 bits per heavy atom. The van der Waals surface area contributed by atoms with Crippen LogP contribution in [0.25, 0.3) is 0 Å². The Morgan fingerprint density at radius 3 is 2.71 bits per heavy atom. The third kappa shape index (κ3) is 3.51. The summed E-state index contributed by atoms with van der Waals surface area (Å²) in [6, 6.07) is 5.49. The van der Waals surface area contributed by atoms with Crippen molar-refractivity contribution in [1.29, 1.82) is 0 Å². The molecule has 130 valence electrons. The van der Waals surface area contributed by atoms with Crippen LogP contribution in [0.3, 0.4) is 0 Å². The second-order valence-electron chi connectivity index (χ2n) is 7.04. The van der Waals surface area contributed by atoms with E-state index in [2.05, 4.69) is 17.0 Å². The lowest BCUT2D eigenvalue weighted by Crippen LogP contribution is -2.49. The van der Waals surface area contributed by atoms with Crippen LogP contribution in [0.2, 0.25) is 0 Å². The fourth-order valence-corrected chi connectivity index (χ4v) is 5.29. The van der Waals surface area contributed by atoms with Crippen molar-refractivity contribution in [2.24, 2.45) is 10.2 Å². The van der Waals surface area contributed by atoms with Crippen LogP contribution in [0.5, 0.6) is 0 Å². The molecule has 0 atom stereocenters. The summed E-state index contributed by atoms with van der Waals surface area (Å²) in [6.45, 7) is 5.36. The predicted octanol–water partition coefficient (Wildman–Crippen LogP) is 5.93. The maximum Gasteiger partial charge on any atom is 0.164 e. The summed E-state index contributed by atoms with van der Waals surface area (Å²) < 4.78 is 0. The van der Waals surface area contributed by atoms with Crippen LogP contribution >= 0.6 is 11.8 Å². The lowest BCUT2D eigenvalue weighted by Gasteiger charge is -2.42. The molecule has 1 spiro atoms. The Bertz CT molecular complexity index is 623. The van der Waals surface area contributed by atoms with Gasteiger partial charge in [-0.1, -0.05) is 44.4 Å². The molecule has 0 aromatic heterocycles. The average molecular weight is 346 g/mol. The van der Waals surface area contributed by atoms with E-state index in [-0.39, 0.29) is 0 Å². The Hall–Kier alpha value is -1.36. The van der Waals surface area contributed by atoms with Crippen LogP contribution in [-0.2, 0) is 0 Å². The highest BCUT2D eigenvalue weighted by Gasteiger charge is 2.44. The van der Waals surface area contributed by atoms with Gasteiger partial charge in [0.05, 0.1) is 11.2 Å². The second-order valence-corrected chi connectivity index (χ2v) is 7.98. The van der Waals surface area contributed by atoms with Crippen molar-refractivity contribution >= 4 is 28.3 Å². The minimum atomic E-state index is 0.328. The third-order valence-electron chi connectivity index (χ3n) is 5.29. The first-order valence-electron chi connectivity index (χ1n) is 9.12. The maximum absolute atomic E-state index is 10.7. The number of hydrogen-bond donors (Lipinski definition) is 0. The molecule has 2 fully saturated rings. The Kier molecular flexibility index (Phi) is 5.59. The summed E-state index contributed by atoms with van der Waals surface area (Å²) in [5, 5.41) is 4.18. The first kappa shape index (κ1) is 17.5. The van der Waals surface area contributed by atoms with Gasteiger partial charge in [0.25, 0.3) is 0 Å². The van der Waals surface area contributed by atoms with E-state index < -0.39 is 0 Å². The summed E-state index contributed by atoms with van der Waals surface area (Å²) in [5.74, 6) is 1.17. The highest BCUT2D eigenvalue weighted by molar-refractivity contribution is 8.14. The molecule has 1 aliphatic heterocycles. The summed E-state index contributed by atoms with van der Waals surface area (Å²) in [5.41, 5.74) is 2.77. The van der Waals surface area contributed by atoms with E-state index in [1.54, 1.807) is 6.07 Å². The molecule has 5 heteroatoms. The van der Waals surface area contributed by atoms with E-state index in [0.29, 0.717) is 11.2 Å². The number of hydrogen-bond acceptors (Lipinski definition) is 4. The van der Waals surface area contributed by atoms with Gasteiger partial charge in [-0.25, -0.2) is 4.99 Å². The fraction of sp³-hybridized carbons (Fsp3) is 0.632. The monoisotopic (exact) mass is 345 g/mol. The van der Waals surface area contributed by atoms with Crippen LogP contribution in [0.15, 0.2) is 28.4 Å². The molecule has 1 heterocycles. The Morgan fingerprint density at radius 2 is 2.04 bits per heavy atom. The standard InChI is InChI=1S/C19H27N3OS/c1-3-4-12-22-18(24-14-19(22)10-6-5-7-11-19)20-17-9-8-16(21-23)13-15(17)2/h8-9,13H,3-7,10-12,14H2,1-2H3. The average Bonchev–Trinajstić information content (AvgIpc) is 2.92. The van der Waals surface area contributed by atoms with Gasteiger partial charge in [-0.15, -0.1) is 4.91 Å². The first-order valence-corrected chi connectivity index (χ1v) is 10.1. The first-order chi connectivity index (χ1) is 11.7. The second kappa shape index (κ2) is 7.68. The minimum Gasteiger partial charge on any atom is -0.345 e. The smallest absolute Gasteiger partial charge is 0.164 e. The largest absolute Gasteiger partial charge is 0.345 e. The zero-order chi connectivity index (χ0) is 17.0. The van der Waals surface area contributed by atoms with E-state index >= 15 is 0 Å². The Balaban J connectivity index is 1.89. The topological polar surface area (TPSA) is 45.0 Å². The Labute approximate surface area is 149 Å². The molecule has 0 amide bonds. The van der Waals surface area contributed by atoms with E-state index in [4.69, 9.17) is 4.99 Å². The van der Waals surface area contributed by atoms with Crippen LogP contribution in [0, 0.1) is 11.8 Å². The molecule has 1 saturated carbocycles. The lowest BCUT2D eigenvalue weighted by atomic mass is 9.82. The number of nitrogens with zero attached hydrogens (tertiary/aromatic N) is 3. The van der Waals surface area contributed by atoms with Gasteiger partial charge in [0.1, 0.15) is 5.69 Å². The highest BCUT2D eigenvalue weighted by atomic mass is 32.2. The normalized spacial score (nSPS) is 21.6. The van der Waals surface area contributed by atoms with Crippen LogP contribution in [0.1, 0.15) is 57.4 Å². The minimum absolute atomic E-state index is 0.328. The van der Waals surface area contributed by atoms with Crippen molar-refractivity contribution in [3.8, 4) is 0 Å². The van der Waals surface area contributed by atoms with Crippen LogP contribution in [-0.4, -0.2) is 27.9 Å². The van der Waals surface area contributed by atoms with Gasteiger partial charge in [0.2, 0.25) is 0 Å². The maximum atomic E-state index is 10.7. The molecule has 1 saturated heterocycles. The number of rotatable bonds is 5. The molecular formula is C19H27N3OS. The number of benzene rings is 1. The number of thioether (sulfide) groups is 1. The third-order valence-corrected chi connectivity index (χ3v) is 6.55. The van der Waals surface area contributed by atoms with Gasteiger partial charge >= 0.3 is 0 Å². The molecule has 0 N–H and O–H groups in total. The van der Waals surface area contributed by atoms with Gasteiger partial charge in [0, 0.05) is 12.3 Å². The van der Waals surface area contributed by atoms with Crippen molar-refractivity contribution in [2.75, 3.05) is 12.3 Å². The summed E-state index contributed by atoms with van der Waals surface area (Å²) in [4.78, 5) is 18.3. The van der Waals surface area contributed by atoms with Gasteiger partial charge in [-0.05, 0) is 55.1 Å². The fourth-order valence-electron chi connectivity index (χ4n) is 3.85. The van der Waals surface area contributed by atoms with E-state index in [0.717, 1.165) is 17.8 Å². The molecule has 1 aliphatic carbocycles. The molecule has 0 unspecified atom stereocenters. The molecule has 1 aromatic carbocycles. The lowest BCUT2D eigenvalue weighted by molar-refractivity contribution is 0.150. The summed E-state index contributed by atoms with van der Waals surface area (Å²) >= 11 is 1.91. The summed E-state index contributed by atoms with van der Waals surface area (Å²) in [6.07, 6.45) is 9.09. The van der Waals surface area contributed by atoms with Gasteiger partial charge in [-0.3, -0.25) is 0 Å². The summed E-state index contributed by atoms with van der Waals surface area (Å²) in [7, 11) is 0. The zero-order valence-electron chi connectivity index (χ0n) is 14.8. The predicted molar refractivity (Wildman–Crippen MR) is 104 cm³/mol. The number of aliphatic imine (C=N–C) groups is 1.